The van der Waals surface area contributed by atoms with Gasteiger partial charge in [-0.2, -0.15) is 0 Å². The Morgan fingerprint density at radius 3 is 2.23 bits per heavy atom. The molecule has 0 spiro atoms. The van der Waals surface area contributed by atoms with E-state index in [4.69, 9.17) is 4.74 Å². The lowest BCUT2D eigenvalue weighted by Crippen LogP contribution is -2.43. The standard InChI is InChI=1S/C11H20O2/c1-8(2)10(12)11(3,4)13-9-6-5-7-9/h8-9H,5-7H2,1-4H3. The van der Waals surface area contributed by atoms with Crippen molar-refractivity contribution in [2.75, 3.05) is 0 Å². The maximum Gasteiger partial charge on any atom is 0.166 e. The van der Waals surface area contributed by atoms with Crippen LogP contribution >= 0.6 is 0 Å². The molecule has 0 radical (unpaired) electrons. The normalized spacial score (nSPS) is 18.8. The van der Waals surface area contributed by atoms with Crippen LogP contribution in [-0.4, -0.2) is 17.5 Å². The van der Waals surface area contributed by atoms with Crippen molar-refractivity contribution in [1.29, 1.82) is 0 Å². The molecule has 1 aliphatic carbocycles. The zero-order valence-corrected chi connectivity index (χ0v) is 9.09. The Bertz CT molecular complexity index is 190. The summed E-state index contributed by atoms with van der Waals surface area (Å²) in [6.45, 7) is 7.61. The average molecular weight is 184 g/mol. The molecule has 1 saturated carbocycles. The molecule has 2 nitrogen and oxygen atoms in total. The van der Waals surface area contributed by atoms with E-state index in [1.165, 1.54) is 6.42 Å². The van der Waals surface area contributed by atoms with Crippen LogP contribution in [0.25, 0.3) is 0 Å². The third-order valence-electron chi connectivity index (χ3n) is 2.63. The molecule has 1 rings (SSSR count). The number of ketones is 1. The van der Waals surface area contributed by atoms with Gasteiger partial charge in [-0.05, 0) is 33.1 Å². The lowest BCUT2D eigenvalue weighted by atomic mass is 9.91. The van der Waals surface area contributed by atoms with Crippen molar-refractivity contribution in [3.05, 3.63) is 0 Å². The van der Waals surface area contributed by atoms with Gasteiger partial charge in [0, 0.05) is 5.92 Å². The first-order valence-electron chi connectivity index (χ1n) is 5.15. The third-order valence-corrected chi connectivity index (χ3v) is 2.63. The van der Waals surface area contributed by atoms with Crippen LogP contribution in [0.2, 0.25) is 0 Å². The van der Waals surface area contributed by atoms with E-state index in [-0.39, 0.29) is 11.7 Å². The van der Waals surface area contributed by atoms with Crippen molar-refractivity contribution in [3.63, 3.8) is 0 Å². The molecule has 2 heteroatoms. The van der Waals surface area contributed by atoms with Gasteiger partial charge in [0.2, 0.25) is 0 Å². The van der Waals surface area contributed by atoms with E-state index in [1.807, 2.05) is 27.7 Å². The fraction of sp³-hybridized carbons (Fsp3) is 0.909. The van der Waals surface area contributed by atoms with E-state index in [1.54, 1.807) is 0 Å². The summed E-state index contributed by atoms with van der Waals surface area (Å²) in [4.78, 5) is 11.7. The maximum atomic E-state index is 11.7. The molecule has 0 atom stereocenters. The monoisotopic (exact) mass is 184 g/mol. The van der Waals surface area contributed by atoms with Crippen LogP contribution in [0.3, 0.4) is 0 Å². The topological polar surface area (TPSA) is 26.3 Å². The second-order valence-corrected chi connectivity index (χ2v) is 4.70. The lowest BCUT2D eigenvalue weighted by Gasteiger charge is -2.35. The van der Waals surface area contributed by atoms with Crippen molar-refractivity contribution >= 4 is 5.78 Å². The van der Waals surface area contributed by atoms with Crippen LogP contribution in [-0.2, 0) is 9.53 Å². The third kappa shape index (κ3) is 2.53. The molecule has 76 valence electrons. The molecular formula is C11H20O2. The number of hydrogen-bond donors (Lipinski definition) is 0. The number of Topliss-reactive ketones (excluding diaryl/α,β-unsaturated/α-hetero) is 1. The molecule has 1 aliphatic rings. The molecule has 0 unspecified atom stereocenters. The van der Waals surface area contributed by atoms with Gasteiger partial charge in [0.05, 0.1) is 6.10 Å². The largest absolute Gasteiger partial charge is 0.365 e. The van der Waals surface area contributed by atoms with Crippen LogP contribution in [0.5, 0.6) is 0 Å². The van der Waals surface area contributed by atoms with E-state index in [9.17, 15) is 4.79 Å². The predicted molar refractivity (Wildman–Crippen MR) is 52.6 cm³/mol. The summed E-state index contributed by atoms with van der Waals surface area (Å²) in [5.74, 6) is 0.273. The van der Waals surface area contributed by atoms with E-state index < -0.39 is 5.60 Å². The summed E-state index contributed by atoms with van der Waals surface area (Å²) in [6.07, 6.45) is 3.82. The SMILES string of the molecule is CC(C)C(=O)C(C)(C)OC1CCC1. The highest BCUT2D eigenvalue weighted by molar-refractivity contribution is 5.88. The summed E-state index contributed by atoms with van der Waals surface area (Å²) in [5, 5.41) is 0. The maximum absolute atomic E-state index is 11.7. The molecule has 0 saturated heterocycles. The highest BCUT2D eigenvalue weighted by Gasteiger charge is 2.34. The van der Waals surface area contributed by atoms with Gasteiger partial charge in [-0.15, -0.1) is 0 Å². The van der Waals surface area contributed by atoms with Crippen LogP contribution < -0.4 is 0 Å². The van der Waals surface area contributed by atoms with Crippen molar-refractivity contribution in [2.45, 2.75) is 58.7 Å². The average Bonchev–Trinajstić information content (AvgIpc) is 1.95. The molecule has 0 aromatic carbocycles. The van der Waals surface area contributed by atoms with Gasteiger partial charge in [0.1, 0.15) is 5.60 Å². The first-order valence-corrected chi connectivity index (χ1v) is 5.15. The number of ether oxygens (including phenoxy) is 1. The van der Waals surface area contributed by atoms with E-state index >= 15 is 0 Å². The van der Waals surface area contributed by atoms with E-state index in [2.05, 4.69) is 0 Å². The quantitative estimate of drug-likeness (QED) is 0.671. The first kappa shape index (κ1) is 10.7. The number of carbonyl (C=O) groups excluding carboxylic acids is 1. The van der Waals surface area contributed by atoms with Gasteiger partial charge in [-0.3, -0.25) is 4.79 Å². The lowest BCUT2D eigenvalue weighted by molar-refractivity contribution is -0.156. The minimum atomic E-state index is -0.584. The highest BCUT2D eigenvalue weighted by atomic mass is 16.5. The number of carbonyl (C=O) groups is 1. The molecule has 0 amide bonds. The van der Waals surface area contributed by atoms with Crippen LogP contribution in [0, 0.1) is 5.92 Å². The predicted octanol–water partition coefficient (Wildman–Crippen LogP) is 2.56. The molecule has 13 heavy (non-hydrogen) atoms. The zero-order valence-electron chi connectivity index (χ0n) is 9.09. The number of hydrogen-bond acceptors (Lipinski definition) is 2. The molecule has 1 fully saturated rings. The summed E-state index contributed by atoms with van der Waals surface area (Å²) in [7, 11) is 0. The minimum absolute atomic E-state index is 0.0649. The molecule has 0 N–H and O–H groups in total. The smallest absolute Gasteiger partial charge is 0.166 e. The number of rotatable bonds is 4. The van der Waals surface area contributed by atoms with Gasteiger partial charge in [0.25, 0.3) is 0 Å². The van der Waals surface area contributed by atoms with Crippen LogP contribution in [0.15, 0.2) is 0 Å². The summed E-state index contributed by atoms with van der Waals surface area (Å²) >= 11 is 0. The minimum Gasteiger partial charge on any atom is -0.365 e. The molecule has 0 aromatic rings. The Morgan fingerprint density at radius 2 is 1.92 bits per heavy atom. The second kappa shape index (κ2) is 3.79. The highest BCUT2D eigenvalue weighted by Crippen LogP contribution is 2.28. The van der Waals surface area contributed by atoms with Crippen molar-refractivity contribution in [3.8, 4) is 0 Å². The van der Waals surface area contributed by atoms with E-state index in [0.29, 0.717) is 6.10 Å². The fourth-order valence-electron chi connectivity index (χ4n) is 1.66. The van der Waals surface area contributed by atoms with Crippen molar-refractivity contribution in [1.82, 2.24) is 0 Å². The van der Waals surface area contributed by atoms with Gasteiger partial charge >= 0.3 is 0 Å². The summed E-state index contributed by atoms with van der Waals surface area (Å²) in [6, 6.07) is 0. The van der Waals surface area contributed by atoms with E-state index in [0.717, 1.165) is 12.8 Å². The molecular weight excluding hydrogens is 164 g/mol. The molecule has 0 bridgehead atoms. The molecule has 0 aromatic heterocycles. The molecule has 0 aliphatic heterocycles. The summed E-state index contributed by atoms with van der Waals surface area (Å²) < 4.78 is 5.75. The Morgan fingerprint density at radius 1 is 1.38 bits per heavy atom. The second-order valence-electron chi connectivity index (χ2n) is 4.70. The zero-order chi connectivity index (χ0) is 10.1. The fourth-order valence-corrected chi connectivity index (χ4v) is 1.66. The Labute approximate surface area is 80.7 Å². The molecule has 0 heterocycles. The van der Waals surface area contributed by atoms with Crippen LogP contribution in [0.4, 0.5) is 0 Å². The van der Waals surface area contributed by atoms with Gasteiger partial charge in [-0.25, -0.2) is 0 Å². The van der Waals surface area contributed by atoms with Gasteiger partial charge in [-0.1, -0.05) is 13.8 Å². The Kier molecular flexibility index (Phi) is 3.12. The van der Waals surface area contributed by atoms with Crippen molar-refractivity contribution in [2.24, 2.45) is 5.92 Å². The Balaban J connectivity index is 2.47. The summed E-state index contributed by atoms with van der Waals surface area (Å²) in [5.41, 5.74) is -0.584. The van der Waals surface area contributed by atoms with Crippen molar-refractivity contribution < 1.29 is 9.53 Å². The first-order chi connectivity index (χ1) is 5.93. The van der Waals surface area contributed by atoms with Crippen LogP contribution in [0.1, 0.15) is 47.0 Å². The van der Waals surface area contributed by atoms with Gasteiger partial charge in [0.15, 0.2) is 5.78 Å². The Hall–Kier alpha value is -0.370. The van der Waals surface area contributed by atoms with Gasteiger partial charge < -0.3 is 4.74 Å².